The number of carbonyl (C=O) groups excluding carboxylic acids is 2. The van der Waals surface area contributed by atoms with E-state index in [1.54, 1.807) is 31.4 Å². The van der Waals surface area contributed by atoms with Gasteiger partial charge in [-0.15, -0.1) is 10.2 Å². The number of amides is 2. The molecular weight excluding hydrogens is 352 g/mol. The minimum absolute atomic E-state index is 0.0429. The predicted octanol–water partition coefficient (Wildman–Crippen LogP) is 3.04. The molecule has 0 aliphatic carbocycles. The van der Waals surface area contributed by atoms with Crippen molar-refractivity contribution in [1.29, 1.82) is 0 Å². The Morgan fingerprint density at radius 2 is 1.96 bits per heavy atom. The fourth-order valence-electron chi connectivity index (χ4n) is 2.15. The highest BCUT2D eigenvalue weighted by atomic mass is 32.1. The van der Waals surface area contributed by atoms with Crippen molar-refractivity contribution in [3.63, 3.8) is 0 Å². The summed E-state index contributed by atoms with van der Waals surface area (Å²) in [6.45, 7) is 4.01. The van der Waals surface area contributed by atoms with Gasteiger partial charge in [0, 0.05) is 24.6 Å². The zero-order valence-corrected chi connectivity index (χ0v) is 16.1. The first-order chi connectivity index (χ1) is 12.5. The summed E-state index contributed by atoms with van der Waals surface area (Å²) in [4.78, 5) is 24.0. The van der Waals surface area contributed by atoms with Gasteiger partial charge in [-0.25, -0.2) is 0 Å². The molecular formula is C18H24N4O3S. The molecule has 8 heteroatoms. The lowest BCUT2D eigenvalue weighted by Gasteiger charge is -2.10. The van der Waals surface area contributed by atoms with Gasteiger partial charge in [-0.3, -0.25) is 9.59 Å². The lowest BCUT2D eigenvalue weighted by Crippen LogP contribution is -2.31. The van der Waals surface area contributed by atoms with Crippen LogP contribution in [0.1, 0.15) is 47.9 Å². The molecule has 0 saturated heterocycles. The van der Waals surface area contributed by atoms with Crippen molar-refractivity contribution in [3.05, 3.63) is 34.3 Å². The first-order valence-electron chi connectivity index (χ1n) is 8.59. The quantitative estimate of drug-likeness (QED) is 0.702. The number of aryl methyl sites for hydroxylation is 1. The van der Waals surface area contributed by atoms with Crippen LogP contribution >= 0.6 is 11.3 Å². The van der Waals surface area contributed by atoms with Crippen molar-refractivity contribution in [1.82, 2.24) is 15.5 Å². The maximum atomic E-state index is 12.2. The summed E-state index contributed by atoms with van der Waals surface area (Å²) in [6, 6.07) is 7.25. The van der Waals surface area contributed by atoms with Crippen molar-refractivity contribution in [2.45, 2.75) is 45.6 Å². The molecule has 1 aromatic heterocycles. The topological polar surface area (TPSA) is 93.2 Å². The van der Waals surface area contributed by atoms with Crippen molar-refractivity contribution in [3.8, 4) is 5.75 Å². The van der Waals surface area contributed by atoms with Crippen molar-refractivity contribution >= 4 is 28.8 Å². The van der Waals surface area contributed by atoms with Crippen LogP contribution < -0.4 is 15.4 Å². The molecule has 2 amide bonds. The average molecular weight is 376 g/mol. The Morgan fingerprint density at radius 1 is 1.23 bits per heavy atom. The summed E-state index contributed by atoms with van der Waals surface area (Å²) >= 11 is 1.25. The third-order valence-corrected chi connectivity index (χ3v) is 4.81. The molecule has 1 heterocycles. The molecule has 26 heavy (non-hydrogen) atoms. The Bertz CT molecular complexity index is 730. The lowest BCUT2D eigenvalue weighted by atomic mass is 10.2. The van der Waals surface area contributed by atoms with Gasteiger partial charge >= 0.3 is 0 Å². The molecule has 0 saturated carbocycles. The smallest absolute Gasteiger partial charge is 0.286 e. The largest absolute Gasteiger partial charge is 0.497 e. The van der Waals surface area contributed by atoms with E-state index in [9.17, 15) is 9.59 Å². The van der Waals surface area contributed by atoms with Gasteiger partial charge in [0.15, 0.2) is 0 Å². The highest BCUT2D eigenvalue weighted by Crippen LogP contribution is 2.18. The molecule has 7 nitrogen and oxygen atoms in total. The molecule has 0 bridgehead atoms. The van der Waals surface area contributed by atoms with Crippen molar-refractivity contribution in [2.24, 2.45) is 0 Å². The van der Waals surface area contributed by atoms with E-state index in [0.29, 0.717) is 30.0 Å². The molecule has 2 aromatic rings. The summed E-state index contributed by atoms with van der Waals surface area (Å²) in [7, 11) is 1.59. The summed E-state index contributed by atoms with van der Waals surface area (Å²) in [5.41, 5.74) is 0.661. The number of nitrogens with zero attached hydrogens (tertiary/aromatic N) is 2. The summed E-state index contributed by atoms with van der Waals surface area (Å²) in [6.07, 6.45) is 2.66. The third kappa shape index (κ3) is 6.11. The van der Waals surface area contributed by atoms with Crippen LogP contribution in [0.4, 0.5) is 5.69 Å². The minimum Gasteiger partial charge on any atom is -0.497 e. The third-order valence-electron chi connectivity index (χ3n) is 3.82. The Hall–Kier alpha value is -2.48. The SMILES string of the molecule is CCC(C)NC(=O)CCCc1nnc(C(=O)Nc2ccc(OC)cc2)s1. The van der Waals surface area contributed by atoms with Gasteiger partial charge in [0.2, 0.25) is 10.9 Å². The number of methoxy groups -OCH3 is 1. The Labute approximate surface area is 157 Å². The molecule has 0 aliphatic heterocycles. The van der Waals surface area contributed by atoms with Crippen LogP contribution in [0.25, 0.3) is 0 Å². The number of rotatable bonds is 9. The predicted molar refractivity (Wildman–Crippen MR) is 102 cm³/mol. The molecule has 1 aromatic carbocycles. The van der Waals surface area contributed by atoms with Crippen LogP contribution in [0, 0.1) is 0 Å². The standard InChI is InChI=1S/C18H24N4O3S/c1-4-12(2)19-15(23)6-5-7-16-21-22-18(26-16)17(24)20-13-8-10-14(25-3)11-9-13/h8-12H,4-7H2,1-3H3,(H,19,23)(H,20,24). The van der Waals surface area contributed by atoms with E-state index in [2.05, 4.69) is 20.8 Å². The monoisotopic (exact) mass is 376 g/mol. The number of nitrogens with one attached hydrogen (secondary N) is 2. The maximum absolute atomic E-state index is 12.2. The van der Waals surface area contributed by atoms with Gasteiger partial charge in [-0.1, -0.05) is 18.3 Å². The summed E-state index contributed by atoms with van der Waals surface area (Å²) in [5, 5.41) is 14.7. The Morgan fingerprint density at radius 3 is 2.62 bits per heavy atom. The van der Waals surface area contributed by atoms with Gasteiger partial charge in [0.1, 0.15) is 10.8 Å². The van der Waals surface area contributed by atoms with Gasteiger partial charge < -0.3 is 15.4 Å². The average Bonchev–Trinajstić information content (AvgIpc) is 3.11. The van der Waals surface area contributed by atoms with Crippen LogP contribution in [-0.4, -0.2) is 35.2 Å². The number of carbonyl (C=O) groups is 2. The Kier molecular flexibility index (Phi) is 7.53. The number of anilines is 1. The molecule has 2 N–H and O–H groups in total. The Balaban J connectivity index is 1.80. The first-order valence-corrected chi connectivity index (χ1v) is 9.40. The molecule has 0 spiro atoms. The van der Waals surface area contributed by atoms with Crippen LogP contribution in [0.5, 0.6) is 5.75 Å². The summed E-state index contributed by atoms with van der Waals surface area (Å²) in [5.74, 6) is 0.466. The van der Waals surface area contributed by atoms with Crippen molar-refractivity contribution in [2.75, 3.05) is 12.4 Å². The number of hydrogen-bond acceptors (Lipinski definition) is 6. The molecule has 1 atom stereocenters. The van der Waals surface area contributed by atoms with Crippen LogP contribution in [-0.2, 0) is 11.2 Å². The number of benzene rings is 1. The molecule has 0 radical (unpaired) electrons. The van der Waals surface area contributed by atoms with E-state index in [1.165, 1.54) is 11.3 Å². The van der Waals surface area contributed by atoms with Crippen LogP contribution in [0.15, 0.2) is 24.3 Å². The van der Waals surface area contributed by atoms with Gasteiger partial charge in [0.25, 0.3) is 5.91 Å². The fraction of sp³-hybridized carbons (Fsp3) is 0.444. The molecule has 1 unspecified atom stereocenters. The van der Waals surface area contributed by atoms with Gasteiger partial charge in [-0.05, 0) is 44.0 Å². The second-order valence-electron chi connectivity index (χ2n) is 5.91. The number of hydrogen-bond donors (Lipinski definition) is 2. The van der Waals surface area contributed by atoms with E-state index in [-0.39, 0.29) is 17.9 Å². The van der Waals surface area contributed by atoms with Crippen LogP contribution in [0.2, 0.25) is 0 Å². The van der Waals surface area contributed by atoms with E-state index >= 15 is 0 Å². The zero-order valence-electron chi connectivity index (χ0n) is 15.2. The van der Waals surface area contributed by atoms with E-state index < -0.39 is 0 Å². The molecule has 140 valence electrons. The van der Waals surface area contributed by atoms with E-state index in [1.807, 2.05) is 13.8 Å². The summed E-state index contributed by atoms with van der Waals surface area (Å²) < 4.78 is 5.08. The zero-order chi connectivity index (χ0) is 18.9. The number of aromatic nitrogens is 2. The molecule has 0 fully saturated rings. The van der Waals surface area contributed by atoms with Crippen molar-refractivity contribution < 1.29 is 14.3 Å². The number of ether oxygens (including phenoxy) is 1. The highest BCUT2D eigenvalue weighted by Gasteiger charge is 2.14. The fourth-order valence-corrected chi connectivity index (χ4v) is 2.93. The first kappa shape index (κ1) is 19.8. The van der Waals surface area contributed by atoms with Crippen LogP contribution in [0.3, 0.4) is 0 Å². The minimum atomic E-state index is -0.298. The van der Waals surface area contributed by atoms with Gasteiger partial charge in [0.05, 0.1) is 7.11 Å². The highest BCUT2D eigenvalue weighted by molar-refractivity contribution is 7.13. The van der Waals surface area contributed by atoms with Gasteiger partial charge in [-0.2, -0.15) is 0 Å². The molecule has 2 rings (SSSR count). The maximum Gasteiger partial charge on any atom is 0.286 e. The second-order valence-corrected chi connectivity index (χ2v) is 6.98. The van der Waals surface area contributed by atoms with E-state index in [4.69, 9.17) is 4.74 Å². The normalized spacial score (nSPS) is 11.7. The lowest BCUT2D eigenvalue weighted by molar-refractivity contribution is -0.121. The molecule has 0 aliphatic rings. The second kappa shape index (κ2) is 9.86. The van der Waals surface area contributed by atoms with E-state index in [0.717, 1.165) is 17.2 Å².